The number of hydrogen-bond acceptors (Lipinski definition) is 3. The molecule has 0 fully saturated rings. The van der Waals surface area contributed by atoms with E-state index in [1.807, 2.05) is 32.9 Å². The van der Waals surface area contributed by atoms with Crippen molar-refractivity contribution in [2.24, 2.45) is 5.41 Å². The van der Waals surface area contributed by atoms with Gasteiger partial charge in [-0.05, 0) is 19.1 Å². The quantitative estimate of drug-likeness (QED) is 0.669. The first-order valence-electron chi connectivity index (χ1n) is 5.67. The van der Waals surface area contributed by atoms with Crippen LogP contribution in [-0.2, 0) is 0 Å². The maximum Gasteiger partial charge on any atom is 0.148 e. The Bertz CT molecular complexity index is 417. The van der Waals surface area contributed by atoms with E-state index < -0.39 is 0 Å². The number of aryl methyl sites for hydroxylation is 1. The molecule has 0 unspecified atom stereocenters. The second kappa shape index (κ2) is 5.01. The lowest BCUT2D eigenvalue weighted by atomic mass is 9.93. The van der Waals surface area contributed by atoms with Crippen molar-refractivity contribution in [3.63, 3.8) is 0 Å². The van der Waals surface area contributed by atoms with Gasteiger partial charge in [-0.25, -0.2) is 4.98 Å². The predicted molar refractivity (Wildman–Crippen MR) is 67.8 cm³/mol. The fourth-order valence-electron chi connectivity index (χ4n) is 1.32. The third kappa shape index (κ3) is 2.99. The lowest BCUT2D eigenvalue weighted by Crippen LogP contribution is -2.00. The molecular weight excluding hydrogens is 198 g/mol. The summed E-state index contributed by atoms with van der Waals surface area (Å²) in [5.41, 5.74) is 1.81. The van der Waals surface area contributed by atoms with Crippen LogP contribution < -0.4 is 0 Å². The highest BCUT2D eigenvalue weighted by Gasteiger charge is 2.13. The molecule has 1 aromatic rings. The van der Waals surface area contributed by atoms with E-state index in [1.54, 1.807) is 0 Å². The Balaban J connectivity index is 0.000000606. The monoisotopic (exact) mass is 217 g/mol. The topological polar surface area (TPSA) is 38.7 Å². The van der Waals surface area contributed by atoms with E-state index in [1.165, 1.54) is 0 Å². The van der Waals surface area contributed by atoms with Crippen molar-refractivity contribution in [1.29, 1.82) is 0 Å². The third-order valence-corrected chi connectivity index (χ3v) is 2.19. The van der Waals surface area contributed by atoms with E-state index in [0.29, 0.717) is 5.82 Å². The smallest absolute Gasteiger partial charge is 0.148 e. The molecule has 0 saturated carbocycles. The number of aromatic nitrogens is 3. The molecule has 1 heterocycles. The molecule has 0 aliphatic heterocycles. The van der Waals surface area contributed by atoms with Gasteiger partial charge in [0.25, 0.3) is 0 Å². The Labute approximate surface area is 97.3 Å². The maximum atomic E-state index is 4.33. The molecule has 0 saturated heterocycles. The van der Waals surface area contributed by atoms with Gasteiger partial charge in [-0.1, -0.05) is 39.8 Å². The van der Waals surface area contributed by atoms with Crippen LogP contribution in [0.4, 0.5) is 0 Å². The molecule has 0 amide bonds. The number of nitrogens with zero attached hydrogens (tertiary/aromatic N) is 3. The zero-order valence-corrected chi connectivity index (χ0v) is 10.7. The molecule has 16 heavy (non-hydrogen) atoms. The van der Waals surface area contributed by atoms with E-state index >= 15 is 0 Å². The highest BCUT2D eigenvalue weighted by molar-refractivity contribution is 5.62. The summed E-state index contributed by atoms with van der Waals surface area (Å²) in [7, 11) is 0. The largest absolute Gasteiger partial charge is 0.230 e. The molecule has 2 rings (SSSR count). The van der Waals surface area contributed by atoms with Gasteiger partial charge in [0.05, 0.1) is 5.69 Å². The molecule has 0 bridgehead atoms. The first kappa shape index (κ1) is 12.6. The highest BCUT2D eigenvalue weighted by Crippen LogP contribution is 2.25. The second-order valence-corrected chi connectivity index (χ2v) is 4.12. The third-order valence-electron chi connectivity index (χ3n) is 2.19. The Morgan fingerprint density at radius 3 is 2.12 bits per heavy atom. The predicted octanol–water partition coefficient (Wildman–Crippen LogP) is 3.27. The lowest BCUT2D eigenvalue weighted by molar-refractivity contribution is 0.633. The summed E-state index contributed by atoms with van der Waals surface area (Å²) in [4.78, 5) is 4.33. The fourth-order valence-corrected chi connectivity index (χ4v) is 1.32. The van der Waals surface area contributed by atoms with E-state index in [2.05, 4.69) is 41.2 Å². The van der Waals surface area contributed by atoms with Gasteiger partial charge < -0.3 is 0 Å². The van der Waals surface area contributed by atoms with Crippen molar-refractivity contribution >= 4 is 12.2 Å². The summed E-state index contributed by atoms with van der Waals surface area (Å²) < 4.78 is 0. The first-order chi connectivity index (χ1) is 7.57. The van der Waals surface area contributed by atoms with Crippen molar-refractivity contribution < 1.29 is 0 Å². The lowest BCUT2D eigenvalue weighted by Gasteiger charge is -2.11. The van der Waals surface area contributed by atoms with Gasteiger partial charge in [-0.3, -0.25) is 0 Å². The van der Waals surface area contributed by atoms with Crippen LogP contribution in [0, 0.1) is 12.3 Å². The van der Waals surface area contributed by atoms with Crippen LogP contribution >= 0.6 is 0 Å². The minimum Gasteiger partial charge on any atom is -0.230 e. The summed E-state index contributed by atoms with van der Waals surface area (Å²) in [6.07, 6.45) is 8.23. The zero-order valence-electron chi connectivity index (χ0n) is 10.7. The second-order valence-electron chi connectivity index (χ2n) is 4.12. The minimum absolute atomic E-state index is 0.0658. The van der Waals surface area contributed by atoms with E-state index in [-0.39, 0.29) is 5.41 Å². The molecule has 86 valence electrons. The van der Waals surface area contributed by atoms with Crippen LogP contribution in [-0.4, -0.2) is 15.2 Å². The Morgan fingerprint density at radius 2 is 1.50 bits per heavy atom. The van der Waals surface area contributed by atoms with Crippen molar-refractivity contribution in [2.45, 2.75) is 34.6 Å². The van der Waals surface area contributed by atoms with Gasteiger partial charge in [0.1, 0.15) is 11.5 Å². The van der Waals surface area contributed by atoms with E-state index in [9.17, 15) is 0 Å². The van der Waals surface area contributed by atoms with Gasteiger partial charge in [-0.15, -0.1) is 10.2 Å². The summed E-state index contributed by atoms with van der Waals surface area (Å²) in [5.74, 6) is 0.710. The molecule has 0 N–H and O–H groups in total. The van der Waals surface area contributed by atoms with Crippen molar-refractivity contribution in [3.8, 4) is 0 Å². The Kier molecular flexibility index (Phi) is 3.93. The SMILES string of the molecule is CC.Cc1nnc2c(n1)C=CC(C)(C)C=C2. The van der Waals surface area contributed by atoms with Gasteiger partial charge in [-0.2, -0.15) is 0 Å². The molecule has 1 aromatic heterocycles. The number of allylic oxidation sites excluding steroid dienone is 2. The summed E-state index contributed by atoms with van der Waals surface area (Å²) in [6, 6.07) is 0. The number of rotatable bonds is 0. The molecule has 3 heteroatoms. The van der Waals surface area contributed by atoms with Crippen LogP contribution in [0.15, 0.2) is 12.2 Å². The summed E-state index contributed by atoms with van der Waals surface area (Å²) in [6.45, 7) is 10.1. The molecular formula is C13H19N3. The Hall–Kier alpha value is -1.51. The normalized spacial score (nSPS) is 15.8. The van der Waals surface area contributed by atoms with Crippen LogP contribution in [0.1, 0.15) is 44.9 Å². The van der Waals surface area contributed by atoms with Gasteiger partial charge in [0, 0.05) is 5.41 Å². The molecule has 1 aliphatic rings. The van der Waals surface area contributed by atoms with Gasteiger partial charge in [0.15, 0.2) is 0 Å². The number of hydrogen-bond donors (Lipinski definition) is 0. The minimum atomic E-state index is 0.0658. The van der Waals surface area contributed by atoms with Crippen LogP contribution in [0.2, 0.25) is 0 Å². The summed E-state index contributed by atoms with van der Waals surface area (Å²) >= 11 is 0. The molecule has 0 aromatic carbocycles. The van der Waals surface area contributed by atoms with Crippen LogP contribution in [0.5, 0.6) is 0 Å². The van der Waals surface area contributed by atoms with Crippen LogP contribution in [0.25, 0.3) is 12.2 Å². The molecule has 0 radical (unpaired) electrons. The van der Waals surface area contributed by atoms with Gasteiger partial charge in [0.2, 0.25) is 0 Å². The zero-order chi connectivity index (χ0) is 12.2. The highest BCUT2D eigenvalue weighted by atomic mass is 15.2. The molecule has 3 nitrogen and oxygen atoms in total. The average molecular weight is 217 g/mol. The molecule has 0 spiro atoms. The summed E-state index contributed by atoms with van der Waals surface area (Å²) in [5, 5.41) is 8.03. The van der Waals surface area contributed by atoms with Crippen molar-refractivity contribution in [3.05, 3.63) is 29.4 Å². The van der Waals surface area contributed by atoms with E-state index in [0.717, 1.165) is 11.4 Å². The molecule has 1 aliphatic carbocycles. The van der Waals surface area contributed by atoms with Crippen molar-refractivity contribution in [1.82, 2.24) is 15.2 Å². The first-order valence-corrected chi connectivity index (χ1v) is 5.67. The van der Waals surface area contributed by atoms with Crippen LogP contribution in [0.3, 0.4) is 0 Å². The number of fused-ring (bicyclic) bond motifs is 1. The average Bonchev–Trinajstić information content (AvgIpc) is 2.41. The molecule has 0 atom stereocenters. The Morgan fingerprint density at radius 1 is 0.938 bits per heavy atom. The fraction of sp³-hybridized carbons (Fsp3) is 0.462. The maximum absolute atomic E-state index is 4.33. The van der Waals surface area contributed by atoms with Gasteiger partial charge >= 0.3 is 0 Å². The van der Waals surface area contributed by atoms with Crippen molar-refractivity contribution in [2.75, 3.05) is 0 Å². The van der Waals surface area contributed by atoms with E-state index in [4.69, 9.17) is 0 Å². The standard InChI is InChI=1S/C11H13N3.C2H6/c1-8-12-9-4-6-11(2,3)7-5-10(9)14-13-8;1-2/h4-7H,1-3H3;1-2H3.